The maximum atomic E-state index is 12.8. The van der Waals surface area contributed by atoms with Crippen molar-refractivity contribution >= 4 is 21.4 Å². The highest BCUT2D eigenvalue weighted by Crippen LogP contribution is 2.35. The van der Waals surface area contributed by atoms with Crippen LogP contribution in [0.4, 0.5) is 11.4 Å². The summed E-state index contributed by atoms with van der Waals surface area (Å²) in [6.45, 7) is 0.916. The Hall–Kier alpha value is -3.13. The normalized spacial score (nSPS) is 16.9. The van der Waals surface area contributed by atoms with E-state index in [1.165, 1.54) is 16.4 Å². The van der Waals surface area contributed by atoms with Crippen LogP contribution in [0.3, 0.4) is 0 Å². The van der Waals surface area contributed by atoms with E-state index in [4.69, 9.17) is 18.9 Å². The molecule has 2 N–H and O–H groups in total. The molecule has 2 heterocycles. The van der Waals surface area contributed by atoms with Crippen molar-refractivity contribution in [3.8, 4) is 17.2 Å². The SMILES string of the molecule is O=[N+]([O-])c1cc(S(=O)(=O)N2CCOCC2)ccc1NCC(O)COc1ccc2c(c1)OCO2. The van der Waals surface area contributed by atoms with Gasteiger partial charge in [-0.3, -0.25) is 10.1 Å². The topological polar surface area (TPSA) is 150 Å². The number of ether oxygens (including phenoxy) is 4. The van der Waals surface area contributed by atoms with Gasteiger partial charge in [0.2, 0.25) is 16.8 Å². The van der Waals surface area contributed by atoms with Crippen LogP contribution in [0.25, 0.3) is 0 Å². The van der Waals surface area contributed by atoms with Crippen molar-refractivity contribution < 1.29 is 37.4 Å². The average molecular weight is 481 g/mol. The summed E-state index contributed by atoms with van der Waals surface area (Å²) in [5.74, 6) is 1.63. The summed E-state index contributed by atoms with van der Waals surface area (Å²) in [6.07, 6.45) is -0.994. The van der Waals surface area contributed by atoms with Crippen LogP contribution in [0.2, 0.25) is 0 Å². The molecule has 0 amide bonds. The third-order valence-electron chi connectivity index (χ3n) is 5.09. The summed E-state index contributed by atoms with van der Waals surface area (Å²) in [7, 11) is -3.88. The van der Waals surface area contributed by atoms with Crippen LogP contribution in [0.5, 0.6) is 17.2 Å². The lowest BCUT2D eigenvalue weighted by atomic mass is 10.2. The smallest absolute Gasteiger partial charge is 0.293 e. The molecule has 1 fully saturated rings. The Labute approximate surface area is 189 Å². The second-order valence-electron chi connectivity index (χ2n) is 7.31. The first kappa shape index (κ1) is 23.0. The maximum absolute atomic E-state index is 12.8. The molecule has 13 heteroatoms. The Morgan fingerprint density at radius 2 is 1.91 bits per heavy atom. The molecular formula is C20H23N3O9S. The number of benzene rings is 2. The molecule has 2 aromatic rings. The lowest BCUT2D eigenvalue weighted by Gasteiger charge is -2.26. The first-order valence-corrected chi connectivity index (χ1v) is 11.6. The number of hydrogen-bond acceptors (Lipinski definition) is 10. The molecule has 2 aliphatic heterocycles. The highest BCUT2D eigenvalue weighted by molar-refractivity contribution is 7.89. The van der Waals surface area contributed by atoms with Gasteiger partial charge in [0.1, 0.15) is 24.1 Å². The number of nitro groups is 1. The van der Waals surface area contributed by atoms with Gasteiger partial charge in [-0.2, -0.15) is 4.31 Å². The van der Waals surface area contributed by atoms with Gasteiger partial charge in [0, 0.05) is 31.8 Å². The Morgan fingerprint density at radius 3 is 2.67 bits per heavy atom. The van der Waals surface area contributed by atoms with Gasteiger partial charge in [0.05, 0.1) is 23.0 Å². The predicted octanol–water partition coefficient (Wildman–Crippen LogP) is 1.20. The molecule has 0 aliphatic carbocycles. The second-order valence-corrected chi connectivity index (χ2v) is 9.25. The lowest BCUT2D eigenvalue weighted by Crippen LogP contribution is -2.40. The summed E-state index contributed by atoms with van der Waals surface area (Å²) >= 11 is 0. The number of anilines is 1. The first-order valence-electron chi connectivity index (χ1n) is 10.2. The van der Waals surface area contributed by atoms with Gasteiger partial charge >= 0.3 is 0 Å². The van der Waals surface area contributed by atoms with Gasteiger partial charge in [0.25, 0.3) is 5.69 Å². The van der Waals surface area contributed by atoms with Crippen LogP contribution in [0, 0.1) is 10.1 Å². The zero-order valence-electron chi connectivity index (χ0n) is 17.5. The molecule has 12 nitrogen and oxygen atoms in total. The minimum Gasteiger partial charge on any atom is -0.491 e. The summed E-state index contributed by atoms with van der Waals surface area (Å²) in [5, 5.41) is 24.6. The van der Waals surface area contributed by atoms with E-state index < -0.39 is 26.7 Å². The summed E-state index contributed by atoms with van der Waals surface area (Å²) in [4.78, 5) is 10.7. The molecule has 1 unspecified atom stereocenters. The largest absolute Gasteiger partial charge is 0.491 e. The molecule has 0 spiro atoms. The van der Waals surface area contributed by atoms with Gasteiger partial charge in [-0.05, 0) is 24.3 Å². The molecule has 0 bridgehead atoms. The van der Waals surface area contributed by atoms with Crippen molar-refractivity contribution in [2.45, 2.75) is 11.0 Å². The van der Waals surface area contributed by atoms with E-state index >= 15 is 0 Å². The minimum atomic E-state index is -3.88. The van der Waals surface area contributed by atoms with Crippen molar-refractivity contribution in [3.63, 3.8) is 0 Å². The Bertz CT molecular complexity index is 1120. The number of fused-ring (bicyclic) bond motifs is 1. The second kappa shape index (κ2) is 9.79. The molecular weight excluding hydrogens is 458 g/mol. The minimum absolute atomic E-state index is 0.0546. The molecule has 178 valence electrons. The quantitative estimate of drug-likeness (QED) is 0.395. The molecule has 0 saturated carbocycles. The van der Waals surface area contributed by atoms with Crippen molar-refractivity contribution in [3.05, 3.63) is 46.5 Å². The molecule has 0 radical (unpaired) electrons. The van der Waals surface area contributed by atoms with Crippen LogP contribution >= 0.6 is 0 Å². The number of aliphatic hydroxyl groups excluding tert-OH is 1. The lowest BCUT2D eigenvalue weighted by molar-refractivity contribution is -0.384. The van der Waals surface area contributed by atoms with Gasteiger partial charge in [-0.25, -0.2) is 8.42 Å². The van der Waals surface area contributed by atoms with Crippen LogP contribution in [-0.2, 0) is 14.8 Å². The van der Waals surface area contributed by atoms with E-state index in [0.29, 0.717) is 17.2 Å². The first-order chi connectivity index (χ1) is 15.8. The molecule has 4 rings (SSSR count). The van der Waals surface area contributed by atoms with Crippen LogP contribution in [0.1, 0.15) is 0 Å². The van der Waals surface area contributed by atoms with Gasteiger partial charge in [-0.15, -0.1) is 0 Å². The van der Waals surface area contributed by atoms with E-state index in [0.717, 1.165) is 6.07 Å². The number of sulfonamides is 1. The fourth-order valence-electron chi connectivity index (χ4n) is 3.35. The van der Waals surface area contributed by atoms with E-state index in [9.17, 15) is 23.6 Å². The Kier molecular flexibility index (Phi) is 6.83. The number of nitrogens with zero attached hydrogens (tertiary/aromatic N) is 2. The fourth-order valence-corrected chi connectivity index (χ4v) is 4.78. The van der Waals surface area contributed by atoms with E-state index in [2.05, 4.69) is 5.32 Å². The van der Waals surface area contributed by atoms with Crippen LogP contribution < -0.4 is 19.5 Å². The molecule has 2 aromatic carbocycles. The van der Waals surface area contributed by atoms with Crippen molar-refractivity contribution in [1.82, 2.24) is 4.31 Å². The molecule has 2 aliphatic rings. The predicted molar refractivity (Wildman–Crippen MR) is 115 cm³/mol. The van der Waals surface area contributed by atoms with Crippen LogP contribution in [0.15, 0.2) is 41.3 Å². The van der Waals surface area contributed by atoms with E-state index in [-0.39, 0.29) is 56.8 Å². The number of rotatable bonds is 9. The third-order valence-corrected chi connectivity index (χ3v) is 6.98. The average Bonchev–Trinajstić information content (AvgIpc) is 3.29. The number of morpholine rings is 1. The molecule has 1 atom stereocenters. The zero-order valence-corrected chi connectivity index (χ0v) is 18.3. The van der Waals surface area contributed by atoms with E-state index in [1.807, 2.05) is 0 Å². The maximum Gasteiger partial charge on any atom is 0.293 e. The zero-order chi connectivity index (χ0) is 23.4. The molecule has 1 saturated heterocycles. The van der Waals surface area contributed by atoms with Gasteiger partial charge in [0.15, 0.2) is 11.5 Å². The fraction of sp³-hybridized carbons (Fsp3) is 0.400. The number of nitro benzene ring substituents is 1. The molecule has 0 aromatic heterocycles. The van der Waals surface area contributed by atoms with Crippen molar-refractivity contribution in [2.75, 3.05) is 51.6 Å². The highest BCUT2D eigenvalue weighted by Gasteiger charge is 2.29. The monoisotopic (exact) mass is 481 g/mol. The Balaban J connectivity index is 1.38. The number of nitrogens with one attached hydrogen (secondary N) is 1. The van der Waals surface area contributed by atoms with Crippen molar-refractivity contribution in [1.29, 1.82) is 0 Å². The summed E-state index contributed by atoms with van der Waals surface area (Å²) < 4.78 is 48.0. The standard InChI is InChI=1S/C20H23N3O9S/c24-14(12-30-15-1-4-19-20(9-15)32-13-31-19)11-21-17-3-2-16(10-18(17)23(25)26)33(27,28)22-5-7-29-8-6-22/h1-4,9-10,14,21,24H,5-8,11-13H2. The molecule has 33 heavy (non-hydrogen) atoms. The van der Waals surface area contributed by atoms with Gasteiger partial charge < -0.3 is 29.4 Å². The Morgan fingerprint density at radius 1 is 1.15 bits per heavy atom. The third kappa shape index (κ3) is 5.27. The van der Waals surface area contributed by atoms with Crippen LogP contribution in [-0.4, -0.2) is 75.1 Å². The van der Waals surface area contributed by atoms with E-state index in [1.54, 1.807) is 18.2 Å². The number of hydrogen-bond donors (Lipinski definition) is 2. The van der Waals surface area contributed by atoms with Gasteiger partial charge in [-0.1, -0.05) is 0 Å². The summed E-state index contributed by atoms with van der Waals surface area (Å²) in [5.41, 5.74) is -0.323. The van der Waals surface area contributed by atoms with Crippen molar-refractivity contribution in [2.24, 2.45) is 0 Å². The highest BCUT2D eigenvalue weighted by atomic mass is 32.2. The summed E-state index contributed by atoms with van der Waals surface area (Å²) in [6, 6.07) is 8.64. The number of aliphatic hydroxyl groups is 1.